The Bertz CT molecular complexity index is 195. The van der Waals surface area contributed by atoms with E-state index in [0.29, 0.717) is 22.7 Å². The topological polar surface area (TPSA) is 18.5 Å². The van der Waals surface area contributed by atoms with Gasteiger partial charge in [-0.1, -0.05) is 21.6 Å². The molecule has 16 heavy (non-hydrogen) atoms. The van der Waals surface area contributed by atoms with E-state index in [-0.39, 0.29) is 0 Å². The fourth-order valence-electron chi connectivity index (χ4n) is 1.79. The minimum Gasteiger partial charge on any atom is -0.379 e. The van der Waals surface area contributed by atoms with Crippen LogP contribution in [0.1, 0.15) is 0 Å². The monoisotopic (exact) mass is 298 g/mol. The van der Waals surface area contributed by atoms with Crippen LogP contribution in [-0.2, 0) is 9.47 Å². The third-order valence-corrected chi connectivity index (χ3v) is 8.97. The fraction of sp³-hybridized carbons (Fsp3) is 1.00. The van der Waals surface area contributed by atoms with Crippen LogP contribution in [0.2, 0.25) is 0 Å². The molecule has 0 bridgehead atoms. The van der Waals surface area contributed by atoms with Crippen molar-refractivity contribution in [3.8, 4) is 0 Å². The lowest BCUT2D eigenvalue weighted by molar-refractivity contribution is 0.128. The normalized spacial score (nSPS) is 39.4. The molecule has 0 radical (unpaired) electrons. The fourth-order valence-corrected chi connectivity index (χ4v) is 8.97. The van der Waals surface area contributed by atoms with Gasteiger partial charge in [-0.2, -0.15) is 23.5 Å². The Kier molecular flexibility index (Phi) is 6.05. The van der Waals surface area contributed by atoms with Crippen LogP contribution in [0.25, 0.3) is 0 Å². The summed E-state index contributed by atoms with van der Waals surface area (Å²) >= 11 is 4.02. The van der Waals surface area contributed by atoms with Crippen molar-refractivity contribution in [2.45, 2.75) is 22.7 Å². The maximum Gasteiger partial charge on any atom is 0.0796 e. The van der Waals surface area contributed by atoms with Crippen molar-refractivity contribution >= 4 is 45.1 Å². The molecule has 4 atom stereocenters. The van der Waals surface area contributed by atoms with E-state index in [4.69, 9.17) is 9.47 Å². The van der Waals surface area contributed by atoms with E-state index in [0.717, 1.165) is 11.5 Å². The zero-order valence-electron chi connectivity index (χ0n) is 9.59. The first-order valence-electron chi connectivity index (χ1n) is 5.38. The van der Waals surface area contributed by atoms with Gasteiger partial charge in [0.15, 0.2) is 0 Å². The van der Waals surface area contributed by atoms with Gasteiger partial charge in [-0.05, 0) is 0 Å². The summed E-state index contributed by atoms with van der Waals surface area (Å²) in [5.41, 5.74) is 0. The predicted octanol–water partition coefficient (Wildman–Crippen LogP) is 2.63. The van der Waals surface area contributed by atoms with Crippen LogP contribution >= 0.6 is 45.1 Å². The summed E-state index contributed by atoms with van der Waals surface area (Å²) < 4.78 is 11.0. The van der Waals surface area contributed by atoms with Gasteiger partial charge in [0, 0.05) is 37.2 Å². The average molecular weight is 299 g/mol. The first-order chi connectivity index (χ1) is 7.85. The Morgan fingerprint density at radius 2 is 1.25 bits per heavy atom. The Morgan fingerprint density at radius 3 is 1.62 bits per heavy atom. The molecule has 2 aliphatic heterocycles. The molecule has 2 nitrogen and oxygen atoms in total. The summed E-state index contributed by atoms with van der Waals surface area (Å²) in [5.74, 6) is 4.77. The Morgan fingerprint density at radius 1 is 0.812 bits per heavy atom. The first-order valence-corrected chi connectivity index (χ1v) is 9.97. The summed E-state index contributed by atoms with van der Waals surface area (Å²) in [6.07, 6.45) is 0.884. The highest BCUT2D eigenvalue weighted by atomic mass is 33.1. The van der Waals surface area contributed by atoms with Crippen LogP contribution in [0.3, 0.4) is 0 Å². The second kappa shape index (κ2) is 7.04. The van der Waals surface area contributed by atoms with Crippen LogP contribution in [0, 0.1) is 0 Å². The van der Waals surface area contributed by atoms with Gasteiger partial charge >= 0.3 is 0 Å². The van der Waals surface area contributed by atoms with Gasteiger partial charge in [0.05, 0.1) is 22.7 Å². The molecule has 0 saturated carbocycles. The third-order valence-electron chi connectivity index (χ3n) is 2.87. The van der Waals surface area contributed by atoms with Crippen LogP contribution in [0.15, 0.2) is 0 Å². The smallest absolute Gasteiger partial charge is 0.0796 e. The number of ether oxygens (including phenoxy) is 2. The summed E-state index contributed by atoms with van der Waals surface area (Å²) in [6.45, 7) is 0. The summed E-state index contributed by atoms with van der Waals surface area (Å²) in [7, 11) is 7.68. The molecule has 0 aromatic rings. The number of rotatable bonds is 5. The van der Waals surface area contributed by atoms with Gasteiger partial charge in [0.25, 0.3) is 0 Å². The maximum absolute atomic E-state index is 5.50. The van der Waals surface area contributed by atoms with Gasteiger partial charge in [-0.15, -0.1) is 0 Å². The van der Waals surface area contributed by atoms with Crippen molar-refractivity contribution in [1.82, 2.24) is 0 Å². The molecule has 2 heterocycles. The minimum absolute atomic E-state index is 0.442. The van der Waals surface area contributed by atoms with E-state index in [9.17, 15) is 0 Å². The van der Waals surface area contributed by atoms with Crippen LogP contribution < -0.4 is 0 Å². The van der Waals surface area contributed by atoms with E-state index >= 15 is 0 Å². The van der Waals surface area contributed by atoms with E-state index in [1.165, 1.54) is 11.5 Å². The Labute approximate surface area is 114 Å². The number of hydrogen-bond acceptors (Lipinski definition) is 6. The van der Waals surface area contributed by atoms with Crippen molar-refractivity contribution in [3.05, 3.63) is 0 Å². The summed E-state index contributed by atoms with van der Waals surface area (Å²) in [5, 5.41) is 1.31. The van der Waals surface area contributed by atoms with Gasteiger partial charge < -0.3 is 9.47 Å². The predicted molar refractivity (Wildman–Crippen MR) is 79.0 cm³/mol. The lowest BCUT2D eigenvalue weighted by Gasteiger charge is -2.20. The maximum atomic E-state index is 5.50. The highest BCUT2D eigenvalue weighted by molar-refractivity contribution is 8.77. The molecule has 2 fully saturated rings. The number of methoxy groups -OCH3 is 2. The Hall–Kier alpha value is 1.32. The van der Waals surface area contributed by atoms with Crippen LogP contribution in [0.5, 0.6) is 0 Å². The van der Waals surface area contributed by atoms with E-state index in [1.807, 2.05) is 59.3 Å². The number of thioether (sulfide) groups is 2. The second-order valence-electron chi connectivity index (χ2n) is 3.89. The van der Waals surface area contributed by atoms with Gasteiger partial charge in [0.2, 0.25) is 0 Å². The van der Waals surface area contributed by atoms with E-state index in [2.05, 4.69) is 0 Å². The van der Waals surface area contributed by atoms with Crippen molar-refractivity contribution in [2.75, 3.05) is 37.2 Å². The molecule has 94 valence electrons. The van der Waals surface area contributed by atoms with Crippen molar-refractivity contribution in [2.24, 2.45) is 0 Å². The summed E-state index contributed by atoms with van der Waals surface area (Å²) in [6, 6.07) is 0. The number of hydrogen-bond donors (Lipinski definition) is 0. The molecular formula is C10H18O2S4. The van der Waals surface area contributed by atoms with Gasteiger partial charge in [-0.3, -0.25) is 0 Å². The van der Waals surface area contributed by atoms with Crippen LogP contribution in [0.4, 0.5) is 0 Å². The van der Waals surface area contributed by atoms with Gasteiger partial charge in [-0.25, -0.2) is 0 Å². The molecule has 0 aliphatic carbocycles. The molecule has 0 N–H and O–H groups in total. The molecule has 0 aromatic carbocycles. The standard InChI is InChI=1S/C10H18O2S4/c1-11-7-3-13-5-9(7)15-16-10-6-14-4-8(10)12-2/h7-10H,3-6H2,1-2H3. The van der Waals surface area contributed by atoms with Crippen molar-refractivity contribution < 1.29 is 9.47 Å². The lowest BCUT2D eigenvalue weighted by Crippen LogP contribution is -2.25. The first kappa shape index (κ1) is 13.7. The molecule has 0 spiro atoms. The van der Waals surface area contributed by atoms with Crippen LogP contribution in [-0.4, -0.2) is 59.9 Å². The molecule has 0 amide bonds. The van der Waals surface area contributed by atoms with Gasteiger partial charge in [0.1, 0.15) is 0 Å². The molecule has 6 heteroatoms. The molecule has 0 aromatic heterocycles. The largest absolute Gasteiger partial charge is 0.379 e. The minimum atomic E-state index is 0.442. The van der Waals surface area contributed by atoms with Crippen molar-refractivity contribution in [3.63, 3.8) is 0 Å². The SMILES string of the molecule is COC1CSCC1SSC1CSCC1OC. The second-order valence-corrected chi connectivity index (χ2v) is 8.79. The zero-order valence-corrected chi connectivity index (χ0v) is 12.9. The molecule has 4 unspecified atom stereocenters. The van der Waals surface area contributed by atoms with E-state index in [1.54, 1.807) is 0 Å². The zero-order chi connectivity index (χ0) is 11.4. The summed E-state index contributed by atoms with van der Waals surface area (Å²) in [4.78, 5) is 0. The molecule has 2 rings (SSSR count). The highest BCUT2D eigenvalue weighted by Gasteiger charge is 2.33. The van der Waals surface area contributed by atoms with E-state index < -0.39 is 0 Å². The molecule has 2 saturated heterocycles. The molecular weight excluding hydrogens is 280 g/mol. The Balaban J connectivity index is 1.74. The highest BCUT2D eigenvalue weighted by Crippen LogP contribution is 2.43. The van der Waals surface area contributed by atoms with Crippen molar-refractivity contribution in [1.29, 1.82) is 0 Å². The third kappa shape index (κ3) is 3.42. The average Bonchev–Trinajstić information content (AvgIpc) is 2.94. The lowest BCUT2D eigenvalue weighted by atomic mass is 10.3. The molecule has 2 aliphatic rings. The quantitative estimate of drug-likeness (QED) is 0.721.